The van der Waals surface area contributed by atoms with Gasteiger partial charge in [0, 0.05) is 13.0 Å². The topological polar surface area (TPSA) is 20.3 Å². The third kappa shape index (κ3) is 5.83. The van der Waals surface area contributed by atoms with E-state index in [1.165, 1.54) is 6.07 Å². The van der Waals surface area contributed by atoms with Crippen LogP contribution in [0.2, 0.25) is 0 Å². The molecule has 3 heteroatoms. The monoisotopic (exact) mass is 279 g/mol. The zero-order valence-corrected chi connectivity index (χ0v) is 12.7. The average Bonchev–Trinajstić information content (AvgIpc) is 2.46. The van der Waals surface area contributed by atoms with Crippen LogP contribution in [0.5, 0.6) is 0 Å². The third-order valence-electron chi connectivity index (χ3n) is 3.49. The van der Waals surface area contributed by atoms with Crippen LogP contribution in [0, 0.1) is 5.82 Å². The van der Waals surface area contributed by atoms with Gasteiger partial charge in [-0.15, -0.1) is 0 Å². The van der Waals surface area contributed by atoms with Gasteiger partial charge in [0.25, 0.3) is 0 Å². The summed E-state index contributed by atoms with van der Waals surface area (Å²) in [4.78, 5) is 14.4. The molecule has 1 aromatic rings. The fourth-order valence-corrected chi connectivity index (χ4v) is 2.18. The SMILES string of the molecule is CCCCN(CCCC)CCC(=O)c1ccccc1F. The van der Waals surface area contributed by atoms with Crippen molar-refractivity contribution in [3.05, 3.63) is 35.6 Å². The van der Waals surface area contributed by atoms with Crippen LogP contribution >= 0.6 is 0 Å². The number of hydrogen-bond acceptors (Lipinski definition) is 2. The van der Waals surface area contributed by atoms with Crippen LogP contribution in [0.3, 0.4) is 0 Å². The van der Waals surface area contributed by atoms with Crippen molar-refractivity contribution >= 4 is 5.78 Å². The molecule has 0 aromatic heterocycles. The summed E-state index contributed by atoms with van der Waals surface area (Å²) < 4.78 is 13.5. The summed E-state index contributed by atoms with van der Waals surface area (Å²) in [5, 5.41) is 0. The maximum atomic E-state index is 13.5. The molecule has 0 unspecified atom stereocenters. The van der Waals surface area contributed by atoms with Gasteiger partial charge in [-0.05, 0) is 38.1 Å². The molecular weight excluding hydrogens is 253 g/mol. The van der Waals surface area contributed by atoms with Crippen LogP contribution in [-0.2, 0) is 0 Å². The highest BCUT2D eigenvalue weighted by molar-refractivity contribution is 5.96. The minimum Gasteiger partial charge on any atom is -0.303 e. The first-order valence-electron chi connectivity index (χ1n) is 7.69. The number of carbonyl (C=O) groups is 1. The molecule has 0 fully saturated rings. The Morgan fingerprint density at radius 3 is 2.20 bits per heavy atom. The Balaban J connectivity index is 2.49. The lowest BCUT2D eigenvalue weighted by molar-refractivity contribution is 0.0959. The predicted octanol–water partition coefficient (Wildman–Crippen LogP) is 4.30. The molecule has 0 atom stereocenters. The van der Waals surface area contributed by atoms with Gasteiger partial charge in [0.2, 0.25) is 0 Å². The molecule has 0 aliphatic rings. The van der Waals surface area contributed by atoms with Gasteiger partial charge >= 0.3 is 0 Å². The van der Waals surface area contributed by atoms with Gasteiger partial charge in [-0.25, -0.2) is 4.39 Å². The van der Waals surface area contributed by atoms with E-state index in [1.54, 1.807) is 18.2 Å². The molecule has 0 spiro atoms. The van der Waals surface area contributed by atoms with Crippen LogP contribution in [0.1, 0.15) is 56.3 Å². The number of benzene rings is 1. The quantitative estimate of drug-likeness (QED) is 0.595. The summed E-state index contributed by atoms with van der Waals surface area (Å²) in [6.45, 7) is 7.13. The molecule has 0 saturated carbocycles. The second-order valence-electron chi connectivity index (χ2n) is 5.20. The van der Waals surface area contributed by atoms with Crippen molar-refractivity contribution < 1.29 is 9.18 Å². The number of Topliss-reactive ketones (excluding diaryl/α,β-unsaturated/α-hetero) is 1. The predicted molar refractivity (Wildman–Crippen MR) is 81.6 cm³/mol. The fourth-order valence-electron chi connectivity index (χ4n) is 2.18. The highest BCUT2D eigenvalue weighted by Crippen LogP contribution is 2.10. The first kappa shape index (κ1) is 16.8. The number of hydrogen-bond donors (Lipinski definition) is 0. The molecule has 0 amide bonds. The minimum absolute atomic E-state index is 0.0962. The van der Waals surface area contributed by atoms with Crippen molar-refractivity contribution in [2.45, 2.75) is 46.0 Å². The van der Waals surface area contributed by atoms with E-state index in [4.69, 9.17) is 0 Å². The number of unbranched alkanes of at least 4 members (excludes halogenated alkanes) is 2. The van der Waals surface area contributed by atoms with Gasteiger partial charge in [0.15, 0.2) is 5.78 Å². The summed E-state index contributed by atoms with van der Waals surface area (Å²) in [6.07, 6.45) is 5.01. The molecule has 112 valence electrons. The maximum absolute atomic E-state index is 13.5. The minimum atomic E-state index is -0.411. The smallest absolute Gasteiger partial charge is 0.167 e. The Morgan fingerprint density at radius 1 is 1.05 bits per heavy atom. The number of ketones is 1. The lowest BCUT2D eigenvalue weighted by atomic mass is 10.1. The van der Waals surface area contributed by atoms with Crippen LogP contribution in [0.25, 0.3) is 0 Å². The summed E-state index contributed by atoms with van der Waals surface area (Å²) in [5.74, 6) is -0.507. The van der Waals surface area contributed by atoms with E-state index < -0.39 is 5.82 Å². The van der Waals surface area contributed by atoms with Crippen LogP contribution in [0.15, 0.2) is 24.3 Å². The van der Waals surface area contributed by atoms with Crippen molar-refractivity contribution in [1.29, 1.82) is 0 Å². The molecule has 0 bridgehead atoms. The first-order valence-corrected chi connectivity index (χ1v) is 7.69. The van der Waals surface area contributed by atoms with Gasteiger partial charge in [0.1, 0.15) is 5.82 Å². The van der Waals surface area contributed by atoms with E-state index >= 15 is 0 Å². The molecule has 0 saturated heterocycles. The average molecular weight is 279 g/mol. The van der Waals surface area contributed by atoms with E-state index in [9.17, 15) is 9.18 Å². The van der Waals surface area contributed by atoms with Gasteiger partial charge in [-0.1, -0.05) is 38.8 Å². The summed E-state index contributed by atoms with van der Waals surface area (Å²) in [5.41, 5.74) is 0.221. The molecule has 0 aliphatic heterocycles. The molecule has 0 heterocycles. The Hall–Kier alpha value is -1.22. The number of carbonyl (C=O) groups excluding carboxylic acids is 1. The lowest BCUT2D eigenvalue weighted by Gasteiger charge is -2.21. The molecule has 0 radical (unpaired) electrons. The van der Waals surface area contributed by atoms with Crippen LogP contribution in [0.4, 0.5) is 4.39 Å². The van der Waals surface area contributed by atoms with Crippen LogP contribution < -0.4 is 0 Å². The Bertz CT molecular complexity index is 398. The van der Waals surface area contributed by atoms with E-state index in [0.29, 0.717) is 6.42 Å². The maximum Gasteiger partial charge on any atom is 0.167 e. The Labute approximate surface area is 122 Å². The third-order valence-corrected chi connectivity index (χ3v) is 3.49. The van der Waals surface area contributed by atoms with Gasteiger partial charge < -0.3 is 4.90 Å². The Kier molecular flexibility index (Phi) is 8.12. The van der Waals surface area contributed by atoms with E-state index in [-0.39, 0.29) is 11.3 Å². The molecule has 20 heavy (non-hydrogen) atoms. The van der Waals surface area contributed by atoms with Gasteiger partial charge in [0.05, 0.1) is 5.56 Å². The number of halogens is 1. The van der Waals surface area contributed by atoms with Crippen molar-refractivity contribution in [1.82, 2.24) is 4.90 Å². The molecule has 0 aliphatic carbocycles. The van der Waals surface area contributed by atoms with E-state index in [0.717, 1.165) is 45.3 Å². The highest BCUT2D eigenvalue weighted by Gasteiger charge is 2.12. The molecule has 0 N–H and O–H groups in total. The molecular formula is C17H26FNO. The lowest BCUT2D eigenvalue weighted by Crippen LogP contribution is -2.28. The summed E-state index contributed by atoms with van der Waals surface area (Å²) >= 11 is 0. The van der Waals surface area contributed by atoms with E-state index in [2.05, 4.69) is 18.7 Å². The second-order valence-corrected chi connectivity index (χ2v) is 5.20. The number of rotatable bonds is 10. The van der Waals surface area contributed by atoms with Crippen molar-refractivity contribution in [2.75, 3.05) is 19.6 Å². The van der Waals surface area contributed by atoms with Crippen molar-refractivity contribution in [2.24, 2.45) is 0 Å². The first-order chi connectivity index (χ1) is 9.69. The molecule has 2 nitrogen and oxygen atoms in total. The summed E-state index contributed by atoms with van der Waals surface area (Å²) in [6, 6.07) is 6.24. The van der Waals surface area contributed by atoms with E-state index in [1.807, 2.05) is 0 Å². The largest absolute Gasteiger partial charge is 0.303 e. The van der Waals surface area contributed by atoms with Crippen molar-refractivity contribution in [3.63, 3.8) is 0 Å². The van der Waals surface area contributed by atoms with Gasteiger partial charge in [-0.3, -0.25) is 4.79 Å². The van der Waals surface area contributed by atoms with Crippen LogP contribution in [-0.4, -0.2) is 30.3 Å². The fraction of sp³-hybridized carbons (Fsp3) is 0.588. The Morgan fingerprint density at radius 2 is 1.65 bits per heavy atom. The standard InChI is InChI=1S/C17H26FNO/c1-3-5-12-19(13-6-4-2)14-11-17(20)15-9-7-8-10-16(15)18/h7-10H,3-6,11-14H2,1-2H3. The normalized spacial score (nSPS) is 11.0. The molecule has 1 aromatic carbocycles. The number of nitrogens with zero attached hydrogens (tertiary/aromatic N) is 1. The highest BCUT2D eigenvalue weighted by atomic mass is 19.1. The zero-order valence-electron chi connectivity index (χ0n) is 12.7. The molecule has 1 rings (SSSR count). The zero-order chi connectivity index (χ0) is 14.8. The van der Waals surface area contributed by atoms with Crippen molar-refractivity contribution in [3.8, 4) is 0 Å². The second kappa shape index (κ2) is 9.65. The van der Waals surface area contributed by atoms with Gasteiger partial charge in [-0.2, -0.15) is 0 Å². The summed E-state index contributed by atoms with van der Waals surface area (Å²) in [7, 11) is 0.